The fraction of sp³-hybridized carbons (Fsp3) is 0.150. The third-order valence-corrected chi connectivity index (χ3v) is 4.52. The monoisotopic (exact) mass is 349 g/mol. The molecular weight excluding hydrogens is 333 g/mol. The summed E-state index contributed by atoms with van der Waals surface area (Å²) < 4.78 is 13.9. The van der Waals surface area contributed by atoms with Crippen LogP contribution < -0.4 is 5.32 Å². The van der Waals surface area contributed by atoms with Crippen molar-refractivity contribution in [2.75, 3.05) is 0 Å². The van der Waals surface area contributed by atoms with Gasteiger partial charge in [-0.3, -0.25) is 14.7 Å². The average molecular weight is 349 g/mol. The highest BCUT2D eigenvalue weighted by atomic mass is 19.1. The van der Waals surface area contributed by atoms with Gasteiger partial charge in [-0.15, -0.1) is 0 Å². The first-order chi connectivity index (χ1) is 12.6. The third-order valence-electron chi connectivity index (χ3n) is 4.52. The number of halogens is 1. The zero-order valence-corrected chi connectivity index (χ0v) is 13.9. The van der Waals surface area contributed by atoms with Gasteiger partial charge in [0.25, 0.3) is 5.91 Å². The fourth-order valence-electron chi connectivity index (χ4n) is 3.21. The van der Waals surface area contributed by atoms with E-state index in [9.17, 15) is 14.0 Å². The van der Waals surface area contributed by atoms with Crippen molar-refractivity contribution in [1.82, 2.24) is 15.2 Å². The number of amides is 3. The molecule has 1 N–H and O–H groups in total. The van der Waals surface area contributed by atoms with Gasteiger partial charge in [0.1, 0.15) is 11.9 Å². The Labute approximate surface area is 149 Å². The number of hydrogen-bond acceptors (Lipinski definition) is 3. The van der Waals surface area contributed by atoms with Crippen molar-refractivity contribution >= 4 is 22.8 Å². The Morgan fingerprint density at radius 1 is 1.04 bits per heavy atom. The first-order valence-electron chi connectivity index (χ1n) is 8.31. The van der Waals surface area contributed by atoms with Crippen molar-refractivity contribution in [3.63, 3.8) is 0 Å². The van der Waals surface area contributed by atoms with Gasteiger partial charge in [-0.25, -0.2) is 9.18 Å². The fourth-order valence-corrected chi connectivity index (χ4v) is 3.21. The molecule has 1 fully saturated rings. The summed E-state index contributed by atoms with van der Waals surface area (Å²) in [7, 11) is 0. The van der Waals surface area contributed by atoms with Crippen LogP contribution >= 0.6 is 0 Å². The van der Waals surface area contributed by atoms with E-state index in [4.69, 9.17) is 0 Å². The van der Waals surface area contributed by atoms with Crippen LogP contribution in [0.4, 0.5) is 9.18 Å². The van der Waals surface area contributed by atoms with Crippen LogP contribution in [0.15, 0.2) is 60.8 Å². The topological polar surface area (TPSA) is 62.3 Å². The molecule has 1 atom stereocenters. The van der Waals surface area contributed by atoms with E-state index in [2.05, 4.69) is 10.3 Å². The standard InChI is InChI=1S/C20H16FN3O2/c21-16-9-8-14(18-15(16)7-4-10-22-18)12-24-19(25)17(23-20(24)26)11-13-5-2-1-3-6-13/h1-10,17H,11-12H2,(H,23,26). The number of urea groups is 1. The number of nitrogens with one attached hydrogen (secondary N) is 1. The highest BCUT2D eigenvalue weighted by molar-refractivity contribution is 6.04. The van der Waals surface area contributed by atoms with Crippen LogP contribution in [0, 0.1) is 5.82 Å². The second-order valence-electron chi connectivity index (χ2n) is 6.22. The molecule has 1 aliphatic heterocycles. The maximum atomic E-state index is 13.9. The number of pyridine rings is 1. The lowest BCUT2D eigenvalue weighted by atomic mass is 10.1. The lowest BCUT2D eigenvalue weighted by molar-refractivity contribution is -0.127. The van der Waals surface area contributed by atoms with Crippen molar-refractivity contribution in [2.24, 2.45) is 0 Å². The molecule has 0 spiro atoms. The second kappa shape index (κ2) is 6.55. The average Bonchev–Trinajstić information content (AvgIpc) is 2.92. The minimum Gasteiger partial charge on any atom is -0.325 e. The largest absolute Gasteiger partial charge is 0.325 e. The Kier molecular flexibility index (Phi) is 4.08. The normalized spacial score (nSPS) is 17.0. The van der Waals surface area contributed by atoms with Gasteiger partial charge in [-0.2, -0.15) is 0 Å². The molecular formula is C20H16FN3O2. The van der Waals surface area contributed by atoms with Gasteiger partial charge in [-0.05, 0) is 29.3 Å². The molecule has 1 saturated heterocycles. The number of rotatable bonds is 4. The van der Waals surface area contributed by atoms with Gasteiger partial charge in [0, 0.05) is 18.0 Å². The first kappa shape index (κ1) is 16.2. The molecule has 0 bridgehead atoms. The summed E-state index contributed by atoms with van der Waals surface area (Å²) in [4.78, 5) is 30.3. The summed E-state index contributed by atoms with van der Waals surface area (Å²) in [5.41, 5.74) is 2.06. The van der Waals surface area contributed by atoms with Gasteiger partial charge in [-0.1, -0.05) is 36.4 Å². The molecule has 4 rings (SSSR count). The molecule has 0 saturated carbocycles. The summed E-state index contributed by atoms with van der Waals surface area (Å²) in [6.07, 6.45) is 2.00. The Morgan fingerprint density at radius 2 is 1.85 bits per heavy atom. The van der Waals surface area contributed by atoms with E-state index in [0.717, 1.165) is 10.5 Å². The summed E-state index contributed by atoms with van der Waals surface area (Å²) in [5, 5.41) is 3.10. The Bertz CT molecular complexity index is 991. The first-order valence-corrected chi connectivity index (χ1v) is 8.31. The van der Waals surface area contributed by atoms with Gasteiger partial charge >= 0.3 is 6.03 Å². The predicted molar refractivity (Wildman–Crippen MR) is 94.7 cm³/mol. The number of nitrogens with zero attached hydrogens (tertiary/aromatic N) is 2. The maximum absolute atomic E-state index is 13.9. The smallest absolute Gasteiger partial charge is 0.325 e. The molecule has 1 aliphatic rings. The molecule has 2 aromatic carbocycles. The van der Waals surface area contributed by atoms with Crippen LogP contribution in [0.25, 0.3) is 10.9 Å². The maximum Gasteiger partial charge on any atom is 0.325 e. The summed E-state index contributed by atoms with van der Waals surface area (Å²) in [6.45, 7) is 0.0593. The van der Waals surface area contributed by atoms with Crippen LogP contribution in [0.5, 0.6) is 0 Å². The quantitative estimate of drug-likeness (QED) is 0.737. The molecule has 1 aromatic heterocycles. The lowest BCUT2D eigenvalue weighted by Crippen LogP contribution is -2.32. The number of fused-ring (bicyclic) bond motifs is 1. The Balaban J connectivity index is 1.58. The van der Waals surface area contributed by atoms with Crippen molar-refractivity contribution in [2.45, 2.75) is 19.0 Å². The van der Waals surface area contributed by atoms with Crippen molar-refractivity contribution in [3.05, 3.63) is 77.7 Å². The molecule has 26 heavy (non-hydrogen) atoms. The second-order valence-corrected chi connectivity index (χ2v) is 6.22. The van der Waals surface area contributed by atoms with Crippen molar-refractivity contribution < 1.29 is 14.0 Å². The van der Waals surface area contributed by atoms with Crippen LogP contribution in [-0.2, 0) is 17.8 Å². The predicted octanol–water partition coefficient (Wildman–Crippen LogP) is 3.04. The van der Waals surface area contributed by atoms with Gasteiger partial charge in [0.2, 0.25) is 0 Å². The minimum absolute atomic E-state index is 0.0593. The SMILES string of the molecule is O=C1NC(Cc2ccccc2)C(=O)N1Cc1ccc(F)c2cccnc12. The molecule has 130 valence electrons. The highest BCUT2D eigenvalue weighted by Gasteiger charge is 2.38. The van der Waals surface area contributed by atoms with Gasteiger partial charge in [0.15, 0.2) is 0 Å². The van der Waals surface area contributed by atoms with E-state index < -0.39 is 12.1 Å². The lowest BCUT2D eigenvalue weighted by Gasteiger charge is -2.14. The van der Waals surface area contributed by atoms with Crippen LogP contribution in [0.1, 0.15) is 11.1 Å². The molecule has 5 nitrogen and oxygen atoms in total. The molecule has 0 radical (unpaired) electrons. The number of hydrogen-bond donors (Lipinski definition) is 1. The van der Waals surface area contributed by atoms with Crippen molar-refractivity contribution in [3.8, 4) is 0 Å². The number of aromatic nitrogens is 1. The molecule has 1 unspecified atom stereocenters. The van der Waals surface area contributed by atoms with E-state index in [1.165, 1.54) is 6.07 Å². The summed E-state index contributed by atoms with van der Waals surface area (Å²) in [6, 6.07) is 14.7. The third kappa shape index (κ3) is 2.90. The van der Waals surface area contributed by atoms with E-state index in [1.807, 2.05) is 30.3 Å². The van der Waals surface area contributed by atoms with Gasteiger partial charge in [0.05, 0.1) is 12.1 Å². The zero-order valence-electron chi connectivity index (χ0n) is 13.9. The van der Waals surface area contributed by atoms with Crippen LogP contribution in [0.3, 0.4) is 0 Å². The molecule has 2 heterocycles. The zero-order chi connectivity index (χ0) is 18.1. The van der Waals surface area contributed by atoms with Crippen molar-refractivity contribution in [1.29, 1.82) is 0 Å². The van der Waals surface area contributed by atoms with Crippen LogP contribution in [0.2, 0.25) is 0 Å². The molecule has 3 amide bonds. The van der Waals surface area contributed by atoms with E-state index in [1.54, 1.807) is 24.4 Å². The highest BCUT2D eigenvalue weighted by Crippen LogP contribution is 2.23. The Morgan fingerprint density at radius 3 is 2.65 bits per heavy atom. The molecule has 6 heteroatoms. The molecule has 0 aliphatic carbocycles. The Hall–Kier alpha value is -3.28. The molecule has 3 aromatic rings. The number of carbonyl (C=O) groups excluding carboxylic acids is 2. The summed E-state index contributed by atoms with van der Waals surface area (Å²) >= 11 is 0. The van der Waals surface area contributed by atoms with E-state index in [-0.39, 0.29) is 18.3 Å². The minimum atomic E-state index is -0.593. The van der Waals surface area contributed by atoms with Gasteiger partial charge < -0.3 is 5.32 Å². The van der Waals surface area contributed by atoms with E-state index in [0.29, 0.717) is 22.9 Å². The van der Waals surface area contributed by atoms with Crippen LogP contribution in [-0.4, -0.2) is 27.9 Å². The number of benzene rings is 2. The summed E-state index contributed by atoms with van der Waals surface area (Å²) in [5.74, 6) is -0.664. The number of imide groups is 1. The number of carbonyl (C=O) groups is 2. The van der Waals surface area contributed by atoms with E-state index >= 15 is 0 Å².